The zero-order valence-corrected chi connectivity index (χ0v) is 9.82. The highest BCUT2D eigenvalue weighted by Gasteiger charge is 2.15. The molecule has 2 atom stereocenters. The van der Waals surface area contributed by atoms with E-state index >= 15 is 0 Å². The minimum Gasteiger partial charge on any atom is -0.389 e. The first-order valence-electron chi connectivity index (χ1n) is 5.73. The average Bonchev–Trinajstić information content (AvgIpc) is 2.70. The van der Waals surface area contributed by atoms with E-state index in [-0.39, 0.29) is 12.2 Å². The molecule has 1 N–H and O–H groups in total. The summed E-state index contributed by atoms with van der Waals surface area (Å²) < 4.78 is 10.4. The van der Waals surface area contributed by atoms with Crippen molar-refractivity contribution in [1.29, 1.82) is 0 Å². The second kappa shape index (κ2) is 7.17. The van der Waals surface area contributed by atoms with Gasteiger partial charge in [0.15, 0.2) is 0 Å². The van der Waals surface area contributed by atoms with E-state index in [0.717, 1.165) is 19.6 Å². The number of hydrogen-bond donors (Lipinski definition) is 1. The van der Waals surface area contributed by atoms with Gasteiger partial charge in [0.25, 0.3) is 0 Å². The van der Waals surface area contributed by atoms with E-state index in [9.17, 15) is 5.11 Å². The van der Waals surface area contributed by atoms with Crippen LogP contribution in [0.25, 0.3) is 0 Å². The Morgan fingerprint density at radius 1 is 1.27 bits per heavy atom. The second-order valence-corrected chi connectivity index (χ2v) is 4.25. The van der Waals surface area contributed by atoms with Crippen LogP contribution in [0.5, 0.6) is 0 Å². The Bertz CT molecular complexity index is 160. The number of nitrogens with zero attached hydrogens (tertiary/aromatic N) is 1. The van der Waals surface area contributed by atoms with Crippen LogP contribution >= 0.6 is 0 Å². The maximum Gasteiger partial charge on any atom is 0.0900 e. The lowest BCUT2D eigenvalue weighted by molar-refractivity contribution is -0.0231. The third kappa shape index (κ3) is 5.47. The molecule has 90 valence electrons. The Hall–Kier alpha value is -0.160. The number of β-amino-alcohol motifs (C(OH)–C–C–N with tert-alkyl or cyclic N) is 1. The highest BCUT2D eigenvalue weighted by atomic mass is 16.5. The fourth-order valence-corrected chi connectivity index (χ4v) is 1.75. The first-order valence-corrected chi connectivity index (χ1v) is 5.73. The van der Waals surface area contributed by atoms with Gasteiger partial charge >= 0.3 is 0 Å². The van der Waals surface area contributed by atoms with Crippen molar-refractivity contribution in [1.82, 2.24) is 4.90 Å². The van der Waals surface area contributed by atoms with Crippen molar-refractivity contribution in [2.45, 2.75) is 32.0 Å². The minimum atomic E-state index is -0.368. The maximum absolute atomic E-state index is 9.69. The first-order chi connectivity index (χ1) is 7.22. The molecule has 1 heterocycles. The van der Waals surface area contributed by atoms with Gasteiger partial charge in [-0.2, -0.15) is 0 Å². The lowest BCUT2D eigenvalue weighted by atomic mass is 10.3. The lowest BCUT2D eigenvalue weighted by Gasteiger charge is -2.19. The molecule has 0 aromatic heterocycles. The van der Waals surface area contributed by atoms with Crippen molar-refractivity contribution in [3.8, 4) is 0 Å². The summed E-state index contributed by atoms with van der Waals surface area (Å²) in [6, 6.07) is 0. The van der Waals surface area contributed by atoms with Crippen LogP contribution in [0.3, 0.4) is 0 Å². The molecule has 0 bridgehead atoms. The Morgan fingerprint density at radius 2 is 1.93 bits per heavy atom. The SMILES string of the molecule is COC(C)COCC(O)CN1CCCC1. The molecular formula is C11H23NO3. The number of aliphatic hydroxyl groups excluding tert-OH is 1. The Labute approximate surface area is 92.2 Å². The van der Waals surface area contributed by atoms with Crippen LogP contribution in [0.15, 0.2) is 0 Å². The molecule has 2 unspecified atom stereocenters. The van der Waals surface area contributed by atoms with Gasteiger partial charge in [0.05, 0.1) is 25.4 Å². The number of methoxy groups -OCH3 is 1. The van der Waals surface area contributed by atoms with Crippen LogP contribution in [0.4, 0.5) is 0 Å². The maximum atomic E-state index is 9.69. The highest BCUT2D eigenvalue weighted by molar-refractivity contribution is 4.69. The summed E-state index contributed by atoms with van der Waals surface area (Å²) in [4.78, 5) is 2.29. The molecule has 1 saturated heterocycles. The quantitative estimate of drug-likeness (QED) is 0.674. The minimum absolute atomic E-state index is 0.101. The molecule has 1 aliphatic rings. The molecule has 1 aliphatic heterocycles. The van der Waals surface area contributed by atoms with Gasteiger partial charge in [0.1, 0.15) is 0 Å². The van der Waals surface area contributed by atoms with Crippen LogP contribution in [0.2, 0.25) is 0 Å². The molecule has 0 amide bonds. The van der Waals surface area contributed by atoms with Gasteiger partial charge < -0.3 is 19.5 Å². The van der Waals surface area contributed by atoms with Crippen molar-refractivity contribution < 1.29 is 14.6 Å². The van der Waals surface area contributed by atoms with Gasteiger partial charge in [-0.1, -0.05) is 0 Å². The van der Waals surface area contributed by atoms with E-state index in [0.29, 0.717) is 13.2 Å². The fraction of sp³-hybridized carbons (Fsp3) is 1.00. The van der Waals surface area contributed by atoms with Crippen LogP contribution in [0, 0.1) is 0 Å². The van der Waals surface area contributed by atoms with Crippen LogP contribution in [0.1, 0.15) is 19.8 Å². The third-order valence-corrected chi connectivity index (χ3v) is 2.73. The molecule has 0 saturated carbocycles. The van der Waals surface area contributed by atoms with E-state index in [2.05, 4.69) is 4.90 Å². The largest absolute Gasteiger partial charge is 0.389 e. The van der Waals surface area contributed by atoms with Gasteiger partial charge in [0, 0.05) is 13.7 Å². The molecule has 1 fully saturated rings. The molecule has 0 spiro atoms. The molecule has 4 nitrogen and oxygen atoms in total. The van der Waals surface area contributed by atoms with E-state index in [1.807, 2.05) is 6.92 Å². The van der Waals surface area contributed by atoms with Crippen molar-refractivity contribution in [3.63, 3.8) is 0 Å². The fourth-order valence-electron chi connectivity index (χ4n) is 1.75. The van der Waals surface area contributed by atoms with Gasteiger partial charge in [-0.3, -0.25) is 0 Å². The monoisotopic (exact) mass is 217 g/mol. The topological polar surface area (TPSA) is 41.9 Å². The highest BCUT2D eigenvalue weighted by Crippen LogP contribution is 2.07. The number of aliphatic hydroxyl groups is 1. The second-order valence-electron chi connectivity index (χ2n) is 4.25. The number of rotatable bonds is 7. The van der Waals surface area contributed by atoms with Crippen LogP contribution in [-0.4, -0.2) is 62.2 Å². The molecule has 0 aliphatic carbocycles. The van der Waals surface area contributed by atoms with Crippen molar-refractivity contribution in [2.24, 2.45) is 0 Å². The molecule has 0 aromatic rings. The number of likely N-dealkylation sites (tertiary alicyclic amines) is 1. The molecule has 1 rings (SSSR count). The van der Waals surface area contributed by atoms with Gasteiger partial charge in [-0.25, -0.2) is 0 Å². The average molecular weight is 217 g/mol. The van der Waals surface area contributed by atoms with Crippen molar-refractivity contribution in [2.75, 3.05) is 40.0 Å². The Morgan fingerprint density at radius 3 is 2.53 bits per heavy atom. The van der Waals surface area contributed by atoms with Crippen LogP contribution in [-0.2, 0) is 9.47 Å². The number of hydrogen-bond acceptors (Lipinski definition) is 4. The standard InChI is InChI=1S/C11H23NO3/c1-10(14-2)8-15-9-11(13)7-12-5-3-4-6-12/h10-11,13H,3-9H2,1-2H3. The summed E-state index contributed by atoms with van der Waals surface area (Å²) in [6.45, 7) is 5.88. The van der Waals surface area contributed by atoms with E-state index in [1.54, 1.807) is 7.11 Å². The van der Waals surface area contributed by atoms with Crippen molar-refractivity contribution in [3.05, 3.63) is 0 Å². The van der Waals surface area contributed by atoms with E-state index in [4.69, 9.17) is 9.47 Å². The predicted molar refractivity (Wildman–Crippen MR) is 59.0 cm³/mol. The molecule has 15 heavy (non-hydrogen) atoms. The molecular weight excluding hydrogens is 194 g/mol. The summed E-state index contributed by atoms with van der Waals surface area (Å²) in [5, 5.41) is 9.69. The van der Waals surface area contributed by atoms with Gasteiger partial charge in [-0.15, -0.1) is 0 Å². The van der Waals surface area contributed by atoms with Gasteiger partial charge in [0.2, 0.25) is 0 Å². The summed E-state index contributed by atoms with van der Waals surface area (Å²) in [5.41, 5.74) is 0. The normalized spacial score (nSPS) is 21.8. The van der Waals surface area contributed by atoms with E-state index in [1.165, 1.54) is 12.8 Å². The number of ether oxygens (including phenoxy) is 2. The molecule has 0 aromatic carbocycles. The van der Waals surface area contributed by atoms with Gasteiger partial charge in [-0.05, 0) is 32.9 Å². The molecule has 4 heteroatoms. The predicted octanol–water partition coefficient (Wildman–Crippen LogP) is 0.495. The first kappa shape index (κ1) is 12.9. The smallest absolute Gasteiger partial charge is 0.0900 e. The Balaban J connectivity index is 2.00. The Kier molecular flexibility index (Phi) is 6.17. The summed E-state index contributed by atoms with van der Waals surface area (Å²) in [7, 11) is 1.66. The van der Waals surface area contributed by atoms with Crippen LogP contribution < -0.4 is 0 Å². The zero-order chi connectivity index (χ0) is 11.1. The summed E-state index contributed by atoms with van der Waals surface area (Å²) >= 11 is 0. The zero-order valence-electron chi connectivity index (χ0n) is 9.82. The summed E-state index contributed by atoms with van der Waals surface area (Å²) in [5.74, 6) is 0. The van der Waals surface area contributed by atoms with Crippen molar-refractivity contribution >= 4 is 0 Å². The van der Waals surface area contributed by atoms with E-state index < -0.39 is 0 Å². The lowest BCUT2D eigenvalue weighted by Crippen LogP contribution is -2.33. The molecule has 0 radical (unpaired) electrons. The summed E-state index contributed by atoms with van der Waals surface area (Å²) in [6.07, 6.45) is 2.25. The third-order valence-electron chi connectivity index (χ3n) is 2.73.